The van der Waals surface area contributed by atoms with Gasteiger partial charge in [-0.05, 0) is 18.6 Å². The second-order valence-electron chi connectivity index (χ2n) is 1.71. The Morgan fingerprint density at radius 1 is 1.67 bits per heavy atom. The van der Waals surface area contributed by atoms with Gasteiger partial charge in [0.25, 0.3) is 0 Å². The van der Waals surface area contributed by atoms with Crippen molar-refractivity contribution in [2.45, 2.75) is 6.92 Å². The first-order valence-corrected chi connectivity index (χ1v) is 2.61. The summed E-state index contributed by atoms with van der Waals surface area (Å²) >= 11 is 0. The Kier molecular flexibility index (Phi) is 3.15. The summed E-state index contributed by atoms with van der Waals surface area (Å²) in [6, 6.07) is 1.99. The van der Waals surface area contributed by atoms with E-state index < -0.39 is 0 Å². The van der Waals surface area contributed by atoms with Gasteiger partial charge in [-0.1, -0.05) is 19.2 Å². The predicted octanol–water partition coefficient (Wildman–Crippen LogP) is 2.20. The van der Waals surface area contributed by atoms with Gasteiger partial charge in [0.2, 0.25) is 0 Å². The van der Waals surface area contributed by atoms with E-state index in [2.05, 4.69) is 13.2 Å². The largest absolute Gasteiger partial charge is 0.192 e. The van der Waals surface area contributed by atoms with Crippen LogP contribution in [0.25, 0.3) is 0 Å². The molecule has 9 heavy (non-hydrogen) atoms. The molecule has 1 nitrogen and oxygen atoms in total. The molecule has 0 aliphatic carbocycles. The van der Waals surface area contributed by atoms with Crippen molar-refractivity contribution in [2.24, 2.45) is 0 Å². The fourth-order valence-corrected chi connectivity index (χ4v) is 0.393. The van der Waals surface area contributed by atoms with Crippen LogP contribution in [0.1, 0.15) is 6.92 Å². The molecule has 0 heterocycles. The first-order valence-electron chi connectivity index (χ1n) is 2.61. The predicted molar refractivity (Wildman–Crippen MR) is 38.7 cm³/mol. The lowest BCUT2D eigenvalue weighted by Gasteiger charge is -1.89. The van der Waals surface area contributed by atoms with Crippen LogP contribution in [0, 0.1) is 11.3 Å². The highest BCUT2D eigenvalue weighted by molar-refractivity contribution is 5.40. The topological polar surface area (TPSA) is 23.8 Å². The normalized spacial score (nSPS) is 10.0. The van der Waals surface area contributed by atoms with Gasteiger partial charge in [-0.2, -0.15) is 5.26 Å². The minimum Gasteiger partial charge on any atom is -0.192 e. The summed E-state index contributed by atoms with van der Waals surface area (Å²) in [6.07, 6.45) is 3.22. The Labute approximate surface area is 55.6 Å². The molecule has 0 rings (SSSR count). The summed E-state index contributed by atoms with van der Waals surface area (Å²) in [7, 11) is 0. The maximum atomic E-state index is 8.40. The zero-order valence-corrected chi connectivity index (χ0v) is 5.52. The number of allylic oxidation sites excluding steroid dienone is 4. The molecule has 0 aliphatic rings. The SMILES string of the molecule is C=C/C=C(/C#N)C(=C)C. The lowest BCUT2D eigenvalue weighted by molar-refractivity contribution is 1.42. The second kappa shape index (κ2) is 3.68. The van der Waals surface area contributed by atoms with E-state index in [1.807, 2.05) is 6.07 Å². The molecule has 0 aromatic carbocycles. The minimum atomic E-state index is 0.588. The van der Waals surface area contributed by atoms with Gasteiger partial charge in [-0.15, -0.1) is 0 Å². The minimum absolute atomic E-state index is 0.588. The molecular weight excluding hydrogens is 110 g/mol. The highest BCUT2D eigenvalue weighted by Crippen LogP contribution is 2.03. The molecule has 0 aliphatic heterocycles. The van der Waals surface area contributed by atoms with Gasteiger partial charge in [-0.25, -0.2) is 0 Å². The number of rotatable bonds is 2. The van der Waals surface area contributed by atoms with E-state index in [4.69, 9.17) is 5.26 Å². The molecule has 0 amide bonds. The first-order chi connectivity index (χ1) is 4.22. The monoisotopic (exact) mass is 119 g/mol. The quantitative estimate of drug-likeness (QED) is 0.404. The van der Waals surface area contributed by atoms with Crippen molar-refractivity contribution in [2.75, 3.05) is 0 Å². The van der Waals surface area contributed by atoms with E-state index >= 15 is 0 Å². The Bertz CT molecular complexity index is 191. The summed E-state index contributed by atoms with van der Waals surface area (Å²) in [6.45, 7) is 8.86. The summed E-state index contributed by atoms with van der Waals surface area (Å²) in [5.41, 5.74) is 1.36. The van der Waals surface area contributed by atoms with Gasteiger partial charge in [0.15, 0.2) is 0 Å². The van der Waals surface area contributed by atoms with Gasteiger partial charge in [0.1, 0.15) is 0 Å². The van der Waals surface area contributed by atoms with E-state index in [0.717, 1.165) is 5.57 Å². The first kappa shape index (κ1) is 7.71. The zero-order chi connectivity index (χ0) is 7.28. The summed E-state index contributed by atoms with van der Waals surface area (Å²) in [4.78, 5) is 0. The maximum Gasteiger partial charge on any atom is 0.0994 e. The molecule has 0 atom stereocenters. The molecule has 0 spiro atoms. The average molecular weight is 119 g/mol. The van der Waals surface area contributed by atoms with E-state index in [-0.39, 0.29) is 0 Å². The number of hydrogen-bond acceptors (Lipinski definition) is 1. The molecule has 1 heteroatoms. The summed E-state index contributed by atoms with van der Waals surface area (Å²) in [5.74, 6) is 0. The third-order valence-corrected chi connectivity index (χ3v) is 0.865. The van der Waals surface area contributed by atoms with Gasteiger partial charge in [0, 0.05) is 0 Å². The van der Waals surface area contributed by atoms with Gasteiger partial charge >= 0.3 is 0 Å². The smallest absolute Gasteiger partial charge is 0.0994 e. The fraction of sp³-hybridized carbons (Fsp3) is 0.125. The van der Waals surface area contributed by atoms with Crippen LogP contribution in [0.2, 0.25) is 0 Å². The van der Waals surface area contributed by atoms with Crippen molar-refractivity contribution < 1.29 is 0 Å². The molecule has 0 bridgehead atoms. The van der Waals surface area contributed by atoms with Crippen molar-refractivity contribution >= 4 is 0 Å². The van der Waals surface area contributed by atoms with Crippen LogP contribution in [-0.2, 0) is 0 Å². The highest BCUT2D eigenvalue weighted by atomic mass is 14.2. The number of hydrogen-bond donors (Lipinski definition) is 0. The molecule has 0 radical (unpaired) electrons. The van der Waals surface area contributed by atoms with Crippen LogP contribution in [-0.4, -0.2) is 0 Å². The third-order valence-electron chi connectivity index (χ3n) is 0.865. The van der Waals surface area contributed by atoms with Crippen LogP contribution in [0.3, 0.4) is 0 Å². The van der Waals surface area contributed by atoms with Crippen LogP contribution in [0.15, 0.2) is 36.5 Å². The Balaban J connectivity index is 4.38. The molecule has 0 aromatic heterocycles. The van der Waals surface area contributed by atoms with Gasteiger partial charge in [0.05, 0.1) is 11.6 Å². The van der Waals surface area contributed by atoms with Gasteiger partial charge < -0.3 is 0 Å². The molecular formula is C8H9N. The lowest BCUT2D eigenvalue weighted by atomic mass is 10.1. The molecule has 0 N–H and O–H groups in total. The Hall–Kier alpha value is -1.29. The van der Waals surface area contributed by atoms with Crippen molar-refractivity contribution in [3.8, 4) is 6.07 Å². The number of nitrogens with zero attached hydrogens (tertiary/aromatic N) is 1. The summed E-state index contributed by atoms with van der Waals surface area (Å²) in [5, 5.41) is 8.40. The van der Waals surface area contributed by atoms with Gasteiger partial charge in [-0.3, -0.25) is 0 Å². The van der Waals surface area contributed by atoms with Crippen molar-refractivity contribution in [1.82, 2.24) is 0 Å². The van der Waals surface area contributed by atoms with Crippen molar-refractivity contribution in [3.05, 3.63) is 36.5 Å². The fourth-order valence-electron chi connectivity index (χ4n) is 0.393. The van der Waals surface area contributed by atoms with Crippen LogP contribution in [0.4, 0.5) is 0 Å². The van der Waals surface area contributed by atoms with E-state index in [9.17, 15) is 0 Å². The molecule has 46 valence electrons. The average Bonchev–Trinajstić information content (AvgIpc) is 1.82. The van der Waals surface area contributed by atoms with E-state index in [1.54, 1.807) is 19.1 Å². The Morgan fingerprint density at radius 2 is 2.22 bits per heavy atom. The zero-order valence-electron chi connectivity index (χ0n) is 5.52. The Morgan fingerprint density at radius 3 is 2.33 bits per heavy atom. The molecule has 0 fully saturated rings. The molecule has 0 aromatic rings. The molecule has 0 saturated heterocycles. The molecule has 0 unspecified atom stereocenters. The molecule has 0 saturated carbocycles. The number of nitriles is 1. The van der Waals surface area contributed by atoms with Crippen LogP contribution >= 0.6 is 0 Å². The van der Waals surface area contributed by atoms with Crippen LogP contribution in [0.5, 0.6) is 0 Å². The van der Waals surface area contributed by atoms with E-state index in [1.165, 1.54) is 0 Å². The van der Waals surface area contributed by atoms with Crippen LogP contribution < -0.4 is 0 Å². The van der Waals surface area contributed by atoms with Crippen molar-refractivity contribution in [1.29, 1.82) is 5.26 Å². The maximum absolute atomic E-state index is 8.40. The van der Waals surface area contributed by atoms with E-state index in [0.29, 0.717) is 5.57 Å². The lowest BCUT2D eigenvalue weighted by Crippen LogP contribution is -1.75. The van der Waals surface area contributed by atoms with Crippen molar-refractivity contribution in [3.63, 3.8) is 0 Å². The third kappa shape index (κ3) is 2.50. The second-order valence-corrected chi connectivity index (χ2v) is 1.71. The summed E-state index contributed by atoms with van der Waals surface area (Å²) < 4.78 is 0. The standard InChI is InChI=1S/C8H9N/c1-4-5-8(6-9)7(2)3/h4-5H,1-2H2,3H3/b8-5-. The highest BCUT2D eigenvalue weighted by Gasteiger charge is 1.90.